The number of rotatable bonds is 9. The third kappa shape index (κ3) is 8.59. The van der Waals surface area contributed by atoms with Gasteiger partial charge in [0.1, 0.15) is 11.3 Å². The number of alkyl halides is 3. The topological polar surface area (TPSA) is 137 Å². The number of carbonyl (C=O) groups is 3. The molecule has 2 N–H and O–H groups in total. The van der Waals surface area contributed by atoms with Gasteiger partial charge in [-0.15, -0.1) is 5.10 Å². The molecule has 2 aliphatic rings. The monoisotopic (exact) mass is 671 g/mol. The van der Waals surface area contributed by atoms with Crippen molar-refractivity contribution in [2.75, 3.05) is 62.6 Å². The lowest BCUT2D eigenvalue weighted by molar-refractivity contribution is -0.137. The van der Waals surface area contributed by atoms with E-state index >= 15 is 0 Å². The number of hydrogen-bond acceptors (Lipinski definition) is 9. The molecule has 0 aliphatic carbocycles. The molecule has 3 amide bonds. The number of amides is 3. The molecule has 0 radical (unpaired) electrons. The third-order valence-electron chi connectivity index (χ3n) is 8.08. The van der Waals surface area contributed by atoms with E-state index in [1.165, 1.54) is 6.08 Å². The van der Waals surface area contributed by atoms with E-state index in [1.54, 1.807) is 22.5 Å². The number of halogens is 3. The Hall–Kier alpha value is -4.73. The lowest BCUT2D eigenvalue weighted by Gasteiger charge is -2.34. The number of carbonyl (C=O) groups excluding carboxylic acids is 3. The molecule has 0 bridgehead atoms. The molecule has 5 rings (SSSR count). The Bertz CT molecular complexity index is 1670. The maximum atomic E-state index is 14.3. The van der Waals surface area contributed by atoms with Crippen molar-refractivity contribution in [3.63, 3.8) is 0 Å². The van der Waals surface area contributed by atoms with Crippen LogP contribution in [0.5, 0.6) is 0 Å². The van der Waals surface area contributed by atoms with Crippen molar-refractivity contribution < 1.29 is 32.3 Å². The molecule has 13 nitrogen and oxygen atoms in total. The zero-order valence-electron chi connectivity index (χ0n) is 27.3. The van der Waals surface area contributed by atoms with Crippen LogP contribution in [0.2, 0.25) is 0 Å². The first-order valence-electron chi connectivity index (χ1n) is 16.0. The maximum absolute atomic E-state index is 14.3. The van der Waals surface area contributed by atoms with E-state index in [-0.39, 0.29) is 42.2 Å². The Kier molecular flexibility index (Phi) is 10.8. The van der Waals surface area contributed by atoms with Crippen molar-refractivity contribution in [2.24, 2.45) is 0 Å². The van der Waals surface area contributed by atoms with Crippen LogP contribution in [0.25, 0.3) is 16.9 Å². The predicted molar refractivity (Wildman–Crippen MR) is 172 cm³/mol. The van der Waals surface area contributed by atoms with Crippen LogP contribution in [-0.2, 0) is 27.0 Å². The molecular weight excluding hydrogens is 631 g/mol. The zero-order chi connectivity index (χ0) is 34.4. The van der Waals surface area contributed by atoms with Crippen LogP contribution in [0, 0.1) is 0 Å². The van der Waals surface area contributed by atoms with Gasteiger partial charge in [-0.1, -0.05) is 5.57 Å². The molecule has 2 aliphatic heterocycles. The second-order valence-corrected chi connectivity index (χ2v) is 12.0. The lowest BCUT2D eigenvalue weighted by atomic mass is 10.1. The van der Waals surface area contributed by atoms with E-state index in [9.17, 15) is 27.6 Å². The van der Waals surface area contributed by atoms with Crippen molar-refractivity contribution in [1.29, 1.82) is 0 Å². The second-order valence-electron chi connectivity index (χ2n) is 12.0. The number of fused-ring (bicyclic) bond motifs is 1. The minimum Gasteiger partial charge on any atom is -0.450 e. The summed E-state index contributed by atoms with van der Waals surface area (Å²) in [6.45, 7) is 9.38. The van der Waals surface area contributed by atoms with E-state index in [0.717, 1.165) is 42.7 Å². The standard InChI is InChI=1S/C32H40F3N9O4/c1-4-48-31(47)38-26-16-24(32(33,34)35)23(17-36-26)29-39-30(43-8-6-5-7-9-43)25-15-22(20-44(25)40-29)19-41-10-12-42(13-11-41)28(46)18-37-27(45)14-21(2)3/h14-17,20H,4-13,18-19H2,1-3H3,(H,37,45)(H,36,38,47). The number of ether oxygens (including phenoxy) is 1. The summed E-state index contributed by atoms with van der Waals surface area (Å²) in [4.78, 5) is 51.0. The molecule has 0 unspecified atom stereocenters. The Morgan fingerprint density at radius 1 is 1.02 bits per heavy atom. The second kappa shape index (κ2) is 15.0. The first-order valence-corrected chi connectivity index (χ1v) is 16.0. The highest BCUT2D eigenvalue weighted by Crippen LogP contribution is 2.38. The van der Waals surface area contributed by atoms with Crippen LogP contribution in [0.4, 0.5) is 29.6 Å². The number of piperazine rings is 1. The number of allylic oxidation sites excluding steroid dienone is 1. The molecule has 3 aromatic heterocycles. The SMILES string of the molecule is CCOC(=O)Nc1cc(C(F)(F)F)c(-c2nc(N3CCCCC3)c3cc(CN4CCN(C(=O)CNC(=O)C=C(C)C)CC4)cn3n2)cn1. The fraction of sp³-hybridized carbons (Fsp3) is 0.500. The average molecular weight is 672 g/mol. The first kappa shape index (κ1) is 34.6. The molecule has 2 fully saturated rings. The summed E-state index contributed by atoms with van der Waals surface area (Å²) in [5.41, 5.74) is 1.07. The smallest absolute Gasteiger partial charge is 0.417 e. The molecule has 0 spiro atoms. The van der Waals surface area contributed by atoms with Gasteiger partial charge in [-0.2, -0.15) is 13.2 Å². The maximum Gasteiger partial charge on any atom is 0.417 e. The van der Waals surface area contributed by atoms with Gasteiger partial charge in [-0.3, -0.25) is 19.8 Å². The van der Waals surface area contributed by atoms with E-state index in [4.69, 9.17) is 4.74 Å². The molecule has 48 heavy (non-hydrogen) atoms. The minimum absolute atomic E-state index is 0.0515. The van der Waals surface area contributed by atoms with Gasteiger partial charge in [0.15, 0.2) is 11.6 Å². The van der Waals surface area contributed by atoms with E-state index in [1.807, 2.05) is 19.9 Å². The van der Waals surface area contributed by atoms with Crippen molar-refractivity contribution >= 4 is 35.1 Å². The van der Waals surface area contributed by atoms with Gasteiger partial charge in [-0.05, 0) is 57.7 Å². The number of nitrogens with one attached hydrogen (secondary N) is 2. The number of anilines is 2. The van der Waals surface area contributed by atoms with E-state index in [2.05, 4.69) is 35.5 Å². The molecule has 3 aromatic rings. The van der Waals surface area contributed by atoms with Crippen molar-refractivity contribution in [2.45, 2.75) is 52.8 Å². The lowest BCUT2D eigenvalue weighted by Crippen LogP contribution is -2.50. The Morgan fingerprint density at radius 3 is 2.42 bits per heavy atom. The summed E-state index contributed by atoms with van der Waals surface area (Å²) in [7, 11) is 0. The molecule has 0 saturated carbocycles. The summed E-state index contributed by atoms with van der Waals surface area (Å²) in [5, 5.41) is 9.36. The number of piperidine rings is 1. The molecule has 16 heteroatoms. The van der Waals surface area contributed by atoms with Gasteiger partial charge in [0.05, 0.1) is 24.3 Å². The third-order valence-corrected chi connectivity index (χ3v) is 8.08. The van der Waals surface area contributed by atoms with Gasteiger partial charge in [0, 0.05) is 64.3 Å². The number of aromatic nitrogens is 4. The fourth-order valence-corrected chi connectivity index (χ4v) is 5.79. The summed E-state index contributed by atoms with van der Waals surface area (Å²) in [6.07, 6.45) is 1.50. The quantitative estimate of drug-likeness (QED) is 0.322. The molecule has 0 aromatic carbocycles. The largest absolute Gasteiger partial charge is 0.450 e. The fourth-order valence-electron chi connectivity index (χ4n) is 5.79. The summed E-state index contributed by atoms with van der Waals surface area (Å²) in [5.74, 6) is -0.353. The number of pyridine rings is 1. The van der Waals surface area contributed by atoms with Crippen molar-refractivity contribution in [1.82, 2.24) is 34.7 Å². The highest BCUT2D eigenvalue weighted by Gasteiger charge is 2.36. The van der Waals surface area contributed by atoms with E-state index in [0.29, 0.717) is 57.1 Å². The minimum atomic E-state index is -4.78. The van der Waals surface area contributed by atoms with E-state index < -0.39 is 17.8 Å². The summed E-state index contributed by atoms with van der Waals surface area (Å²) < 4.78 is 49.4. The molecule has 258 valence electrons. The van der Waals surface area contributed by atoms with Crippen LogP contribution in [0.3, 0.4) is 0 Å². The van der Waals surface area contributed by atoms with Gasteiger partial charge < -0.3 is 19.9 Å². The Labute approximate surface area is 276 Å². The van der Waals surface area contributed by atoms with Gasteiger partial charge in [-0.25, -0.2) is 19.3 Å². The van der Waals surface area contributed by atoms with Crippen LogP contribution in [0.15, 0.2) is 36.2 Å². The first-order chi connectivity index (χ1) is 22.9. The zero-order valence-corrected chi connectivity index (χ0v) is 27.3. The molecular formula is C32H40F3N9O4. The van der Waals surface area contributed by atoms with Crippen LogP contribution < -0.4 is 15.5 Å². The van der Waals surface area contributed by atoms with Gasteiger partial charge >= 0.3 is 12.3 Å². The highest BCUT2D eigenvalue weighted by molar-refractivity contribution is 5.91. The Morgan fingerprint density at radius 2 is 1.75 bits per heavy atom. The van der Waals surface area contributed by atoms with Gasteiger partial charge in [0.25, 0.3) is 0 Å². The molecule has 0 atom stereocenters. The van der Waals surface area contributed by atoms with Crippen LogP contribution >= 0.6 is 0 Å². The van der Waals surface area contributed by atoms with Crippen molar-refractivity contribution in [3.8, 4) is 11.4 Å². The van der Waals surface area contributed by atoms with Crippen LogP contribution in [0.1, 0.15) is 51.2 Å². The Balaban J connectivity index is 1.37. The average Bonchev–Trinajstić information content (AvgIpc) is 3.45. The summed E-state index contributed by atoms with van der Waals surface area (Å²) >= 11 is 0. The number of nitrogens with zero attached hydrogens (tertiary/aromatic N) is 7. The summed E-state index contributed by atoms with van der Waals surface area (Å²) in [6, 6.07) is 2.71. The normalized spacial score (nSPS) is 15.7. The van der Waals surface area contributed by atoms with Crippen LogP contribution in [-0.4, -0.2) is 99.7 Å². The van der Waals surface area contributed by atoms with Crippen molar-refractivity contribution in [3.05, 3.63) is 47.3 Å². The number of hydrogen-bond donors (Lipinski definition) is 2. The molecule has 2 saturated heterocycles. The predicted octanol–water partition coefficient (Wildman–Crippen LogP) is 4.10. The van der Waals surface area contributed by atoms with Gasteiger partial charge in [0.2, 0.25) is 11.8 Å². The highest BCUT2D eigenvalue weighted by atomic mass is 19.4. The molecule has 5 heterocycles.